The number of carbonyl (C=O) groups excluding carboxylic acids is 1. The average molecular weight is 316 g/mol. The topological polar surface area (TPSA) is 97.1 Å². The molecule has 2 aromatic rings. The number of carboxylic acids is 1. The lowest BCUT2D eigenvalue weighted by molar-refractivity contribution is -0.140. The van der Waals surface area contributed by atoms with Crippen molar-refractivity contribution in [3.05, 3.63) is 47.8 Å². The van der Waals surface area contributed by atoms with Crippen molar-refractivity contribution in [3.63, 3.8) is 0 Å². The summed E-state index contributed by atoms with van der Waals surface area (Å²) in [6.07, 6.45) is 2.16. The molecule has 7 nitrogen and oxygen atoms in total. The summed E-state index contributed by atoms with van der Waals surface area (Å²) >= 11 is 0. The normalized spacial score (nSPS) is 13.3. The molecule has 0 bridgehead atoms. The maximum Gasteiger partial charge on any atom is 0.326 e. The van der Waals surface area contributed by atoms with Crippen molar-refractivity contribution < 1.29 is 14.7 Å². The molecule has 23 heavy (non-hydrogen) atoms. The molecule has 1 heterocycles. The first-order valence-corrected chi connectivity index (χ1v) is 7.49. The Hall–Kier alpha value is -2.70. The summed E-state index contributed by atoms with van der Waals surface area (Å²) in [7, 11) is 0. The van der Waals surface area contributed by atoms with E-state index in [-0.39, 0.29) is 11.6 Å². The van der Waals surface area contributed by atoms with E-state index >= 15 is 0 Å². The monoisotopic (exact) mass is 316 g/mol. The molecule has 1 aromatic carbocycles. The Labute approximate surface area is 134 Å². The molecule has 0 spiro atoms. The van der Waals surface area contributed by atoms with Gasteiger partial charge in [-0.05, 0) is 11.5 Å². The van der Waals surface area contributed by atoms with Gasteiger partial charge in [0.1, 0.15) is 6.04 Å². The molecule has 0 aliphatic rings. The van der Waals surface area contributed by atoms with E-state index in [1.54, 1.807) is 11.6 Å². The van der Waals surface area contributed by atoms with Gasteiger partial charge in [0.05, 0.1) is 12.7 Å². The van der Waals surface area contributed by atoms with Crippen LogP contribution in [0.1, 0.15) is 36.3 Å². The smallest absolute Gasteiger partial charge is 0.326 e. The fourth-order valence-electron chi connectivity index (χ4n) is 2.15. The number of benzene rings is 1. The fourth-order valence-corrected chi connectivity index (χ4v) is 2.15. The first kappa shape index (κ1) is 16.7. The third-order valence-corrected chi connectivity index (χ3v) is 3.72. The van der Waals surface area contributed by atoms with E-state index in [9.17, 15) is 14.7 Å². The van der Waals surface area contributed by atoms with Crippen molar-refractivity contribution in [2.45, 2.75) is 32.9 Å². The SMILES string of the molecule is CCC(C)C(NC(=O)c1cn(Cc2ccccc2)nn1)C(=O)O. The molecule has 1 amide bonds. The quantitative estimate of drug-likeness (QED) is 0.808. The van der Waals surface area contributed by atoms with Crippen LogP contribution in [-0.2, 0) is 11.3 Å². The van der Waals surface area contributed by atoms with Crippen LogP contribution in [0.25, 0.3) is 0 Å². The second-order valence-corrected chi connectivity index (χ2v) is 5.46. The van der Waals surface area contributed by atoms with Gasteiger partial charge < -0.3 is 10.4 Å². The van der Waals surface area contributed by atoms with Gasteiger partial charge in [-0.15, -0.1) is 5.10 Å². The number of aliphatic carboxylic acids is 1. The third-order valence-electron chi connectivity index (χ3n) is 3.72. The molecule has 0 aliphatic carbocycles. The first-order chi connectivity index (χ1) is 11.0. The number of amides is 1. The minimum absolute atomic E-state index is 0.107. The number of aromatic nitrogens is 3. The van der Waals surface area contributed by atoms with Crippen LogP contribution in [0.15, 0.2) is 36.5 Å². The molecule has 122 valence electrons. The maximum atomic E-state index is 12.2. The average Bonchev–Trinajstić information content (AvgIpc) is 3.01. The Morgan fingerprint density at radius 2 is 2.00 bits per heavy atom. The summed E-state index contributed by atoms with van der Waals surface area (Å²) in [5, 5.41) is 19.4. The number of rotatable bonds is 7. The molecule has 2 unspecified atom stereocenters. The number of hydrogen-bond donors (Lipinski definition) is 2. The van der Waals surface area contributed by atoms with Crippen LogP contribution in [0.4, 0.5) is 0 Å². The first-order valence-electron chi connectivity index (χ1n) is 7.49. The second kappa shape index (κ2) is 7.53. The van der Waals surface area contributed by atoms with Crippen molar-refractivity contribution in [1.29, 1.82) is 0 Å². The molecule has 1 aromatic heterocycles. The van der Waals surface area contributed by atoms with Crippen LogP contribution in [-0.4, -0.2) is 38.0 Å². The summed E-state index contributed by atoms with van der Waals surface area (Å²) in [5.74, 6) is -1.75. The van der Waals surface area contributed by atoms with E-state index in [1.165, 1.54) is 6.20 Å². The molecule has 0 saturated carbocycles. The highest BCUT2D eigenvalue weighted by Crippen LogP contribution is 2.09. The van der Waals surface area contributed by atoms with E-state index in [4.69, 9.17) is 0 Å². The molecule has 2 rings (SSSR count). The Morgan fingerprint density at radius 3 is 2.61 bits per heavy atom. The molecule has 0 fully saturated rings. The van der Waals surface area contributed by atoms with Crippen LogP contribution in [0.2, 0.25) is 0 Å². The molecule has 7 heteroatoms. The Morgan fingerprint density at radius 1 is 1.30 bits per heavy atom. The van der Waals surface area contributed by atoms with Gasteiger partial charge in [0.15, 0.2) is 5.69 Å². The number of carbonyl (C=O) groups is 2. The van der Waals surface area contributed by atoms with Gasteiger partial charge in [0.25, 0.3) is 5.91 Å². The lowest BCUT2D eigenvalue weighted by Crippen LogP contribution is -2.45. The maximum absolute atomic E-state index is 12.2. The Kier molecular flexibility index (Phi) is 5.46. The second-order valence-electron chi connectivity index (χ2n) is 5.46. The highest BCUT2D eigenvalue weighted by Gasteiger charge is 2.26. The van der Waals surface area contributed by atoms with Crippen molar-refractivity contribution in [3.8, 4) is 0 Å². The van der Waals surface area contributed by atoms with E-state index in [0.29, 0.717) is 13.0 Å². The van der Waals surface area contributed by atoms with Crippen LogP contribution >= 0.6 is 0 Å². The minimum Gasteiger partial charge on any atom is -0.480 e. The lowest BCUT2D eigenvalue weighted by Gasteiger charge is -2.19. The van der Waals surface area contributed by atoms with Crippen molar-refractivity contribution >= 4 is 11.9 Å². The molecular weight excluding hydrogens is 296 g/mol. The molecule has 0 radical (unpaired) electrons. The fraction of sp³-hybridized carbons (Fsp3) is 0.375. The Balaban J connectivity index is 2.04. The zero-order valence-electron chi connectivity index (χ0n) is 13.1. The summed E-state index contributed by atoms with van der Waals surface area (Å²) in [6.45, 7) is 4.16. The summed E-state index contributed by atoms with van der Waals surface area (Å²) in [6, 6.07) is 8.72. The van der Waals surface area contributed by atoms with Gasteiger partial charge in [-0.2, -0.15) is 0 Å². The number of nitrogens with zero attached hydrogens (tertiary/aromatic N) is 3. The summed E-state index contributed by atoms with van der Waals surface area (Å²) in [5.41, 5.74) is 1.14. The van der Waals surface area contributed by atoms with Crippen molar-refractivity contribution in [2.24, 2.45) is 5.92 Å². The van der Waals surface area contributed by atoms with Gasteiger partial charge in [-0.3, -0.25) is 4.79 Å². The van der Waals surface area contributed by atoms with Gasteiger partial charge in [-0.1, -0.05) is 55.8 Å². The van der Waals surface area contributed by atoms with Crippen molar-refractivity contribution in [2.75, 3.05) is 0 Å². The van der Waals surface area contributed by atoms with Gasteiger partial charge >= 0.3 is 5.97 Å². The minimum atomic E-state index is -1.05. The van der Waals surface area contributed by atoms with E-state index in [1.807, 2.05) is 37.3 Å². The predicted octanol–water partition coefficient (Wildman–Crippen LogP) is 1.56. The van der Waals surface area contributed by atoms with Gasteiger partial charge in [0.2, 0.25) is 0 Å². The number of carboxylic acid groups (broad SMARTS) is 1. The summed E-state index contributed by atoms with van der Waals surface area (Å²) in [4.78, 5) is 23.4. The molecule has 2 atom stereocenters. The van der Waals surface area contributed by atoms with Gasteiger partial charge in [0, 0.05) is 0 Å². The lowest BCUT2D eigenvalue weighted by atomic mass is 9.99. The largest absolute Gasteiger partial charge is 0.480 e. The Bertz CT molecular complexity index is 669. The number of nitrogens with one attached hydrogen (secondary N) is 1. The molecule has 2 N–H and O–H groups in total. The van der Waals surface area contributed by atoms with E-state index in [2.05, 4.69) is 15.6 Å². The van der Waals surface area contributed by atoms with Gasteiger partial charge in [-0.25, -0.2) is 9.48 Å². The van der Waals surface area contributed by atoms with Crippen LogP contribution < -0.4 is 5.32 Å². The zero-order valence-corrected chi connectivity index (χ0v) is 13.1. The highest BCUT2D eigenvalue weighted by atomic mass is 16.4. The van der Waals surface area contributed by atoms with E-state index < -0.39 is 17.9 Å². The van der Waals surface area contributed by atoms with Crippen LogP contribution in [0.5, 0.6) is 0 Å². The molecule has 0 aliphatic heterocycles. The third kappa shape index (κ3) is 4.38. The van der Waals surface area contributed by atoms with Crippen LogP contribution in [0.3, 0.4) is 0 Å². The molecule has 0 saturated heterocycles. The number of hydrogen-bond acceptors (Lipinski definition) is 4. The van der Waals surface area contributed by atoms with E-state index in [0.717, 1.165) is 5.56 Å². The predicted molar refractivity (Wildman–Crippen MR) is 83.9 cm³/mol. The summed E-state index contributed by atoms with van der Waals surface area (Å²) < 4.78 is 1.54. The van der Waals surface area contributed by atoms with Crippen LogP contribution in [0, 0.1) is 5.92 Å². The zero-order chi connectivity index (χ0) is 16.8. The van der Waals surface area contributed by atoms with Crippen molar-refractivity contribution in [1.82, 2.24) is 20.3 Å². The molecular formula is C16H20N4O3. The standard InChI is InChI=1S/C16H20N4O3/c1-3-11(2)14(16(22)23)17-15(21)13-10-20(19-18-13)9-12-7-5-4-6-8-12/h4-8,10-11,14H,3,9H2,1-2H3,(H,17,21)(H,22,23). The highest BCUT2D eigenvalue weighted by molar-refractivity contribution is 5.94.